The second-order valence-corrected chi connectivity index (χ2v) is 10.8. The van der Waals surface area contributed by atoms with Crippen LogP contribution < -0.4 is 16.4 Å². The van der Waals surface area contributed by atoms with Crippen LogP contribution in [0.15, 0.2) is 88.5 Å². The normalized spacial score (nSPS) is 16.0. The summed E-state index contributed by atoms with van der Waals surface area (Å²) in [4.78, 5) is 11.7. The van der Waals surface area contributed by atoms with Gasteiger partial charge in [-0.1, -0.05) is 38.5 Å². The van der Waals surface area contributed by atoms with Gasteiger partial charge in [0.25, 0.3) is 0 Å². The lowest BCUT2D eigenvalue weighted by Crippen LogP contribution is -2.19. The molecule has 1 atom stereocenters. The predicted octanol–water partition coefficient (Wildman–Crippen LogP) is 7.25. The van der Waals surface area contributed by atoms with E-state index in [0.717, 1.165) is 53.3 Å². The number of benzene rings is 1. The molecule has 1 aliphatic rings. The molecule has 1 unspecified atom stereocenters. The molecule has 6 heteroatoms. The first-order chi connectivity index (χ1) is 19.8. The van der Waals surface area contributed by atoms with Crippen molar-refractivity contribution in [1.29, 1.82) is 0 Å². The van der Waals surface area contributed by atoms with Gasteiger partial charge in [-0.05, 0) is 81.7 Å². The zero-order valence-corrected chi connectivity index (χ0v) is 26.3. The minimum absolute atomic E-state index is 0.0916. The van der Waals surface area contributed by atoms with Gasteiger partial charge < -0.3 is 21.3 Å². The minimum atomic E-state index is 0.0916. The molecule has 2 rings (SSSR count). The lowest BCUT2D eigenvalue weighted by Gasteiger charge is -2.19. The van der Waals surface area contributed by atoms with E-state index in [1.54, 1.807) is 6.20 Å². The lowest BCUT2D eigenvalue weighted by molar-refractivity contribution is 0.562. The lowest BCUT2D eigenvalue weighted by atomic mass is 9.97. The Morgan fingerprint density at radius 1 is 1.22 bits per heavy atom. The van der Waals surface area contributed by atoms with Crippen molar-refractivity contribution >= 4 is 23.3 Å². The highest BCUT2D eigenvalue weighted by atomic mass is 15.1. The number of aliphatic imine (C=N–C) groups is 2. The van der Waals surface area contributed by atoms with E-state index >= 15 is 0 Å². The Labute approximate surface area is 249 Å². The third kappa shape index (κ3) is 11.0. The Bertz CT molecular complexity index is 1200. The molecule has 1 saturated carbocycles. The van der Waals surface area contributed by atoms with Crippen LogP contribution in [0.1, 0.15) is 70.9 Å². The van der Waals surface area contributed by atoms with Gasteiger partial charge in [-0.2, -0.15) is 0 Å². The minimum Gasteiger partial charge on any atom is -0.404 e. The molecule has 0 radical (unpaired) electrons. The molecule has 1 aromatic carbocycles. The number of hydrogen-bond acceptors (Lipinski definition) is 6. The molecule has 4 N–H and O–H groups in total. The Kier molecular flexibility index (Phi) is 14.5. The second kappa shape index (κ2) is 17.8. The highest BCUT2D eigenvalue weighted by molar-refractivity contribution is 6.15. The maximum Gasteiger partial charge on any atom is 0.0669 e. The summed E-state index contributed by atoms with van der Waals surface area (Å²) in [7, 11) is 4.08. The topological polar surface area (TPSA) is 78.0 Å². The molecule has 0 aromatic heterocycles. The maximum atomic E-state index is 5.99. The van der Waals surface area contributed by atoms with Gasteiger partial charge in [0.1, 0.15) is 0 Å². The summed E-state index contributed by atoms with van der Waals surface area (Å²) < 4.78 is 0. The first-order valence-corrected chi connectivity index (χ1v) is 14.9. The third-order valence-electron chi connectivity index (χ3n) is 7.26. The zero-order valence-electron chi connectivity index (χ0n) is 26.3. The van der Waals surface area contributed by atoms with Crippen LogP contribution in [0.2, 0.25) is 0 Å². The number of nitrogens with one attached hydrogen (secondary N) is 2. The fourth-order valence-corrected chi connectivity index (χ4v) is 5.05. The van der Waals surface area contributed by atoms with E-state index in [1.807, 2.05) is 40.2 Å². The molecule has 1 fully saturated rings. The van der Waals surface area contributed by atoms with Crippen LogP contribution in [-0.4, -0.2) is 50.1 Å². The van der Waals surface area contributed by atoms with Crippen LogP contribution in [0, 0.1) is 5.92 Å². The molecule has 0 bridgehead atoms. The predicted molar refractivity (Wildman–Crippen MR) is 180 cm³/mol. The van der Waals surface area contributed by atoms with E-state index < -0.39 is 0 Å². The van der Waals surface area contributed by atoms with Crippen molar-refractivity contribution in [3.8, 4) is 0 Å². The molecule has 0 spiro atoms. The molecule has 41 heavy (non-hydrogen) atoms. The van der Waals surface area contributed by atoms with Crippen molar-refractivity contribution in [2.24, 2.45) is 21.6 Å². The number of nitrogens with two attached hydrogens (primary N) is 1. The van der Waals surface area contributed by atoms with Crippen LogP contribution in [0.3, 0.4) is 0 Å². The Morgan fingerprint density at radius 3 is 2.54 bits per heavy atom. The molecule has 1 aliphatic carbocycles. The third-order valence-corrected chi connectivity index (χ3v) is 7.26. The van der Waals surface area contributed by atoms with E-state index in [9.17, 15) is 0 Å². The summed E-state index contributed by atoms with van der Waals surface area (Å²) in [6.45, 7) is 17.7. The van der Waals surface area contributed by atoms with Crippen molar-refractivity contribution in [2.45, 2.75) is 72.3 Å². The number of anilines is 1. The van der Waals surface area contributed by atoms with E-state index in [4.69, 9.17) is 15.7 Å². The number of allylic oxidation sites excluding steroid dienone is 5. The quantitative estimate of drug-likeness (QED) is 0.0867. The van der Waals surface area contributed by atoms with Gasteiger partial charge >= 0.3 is 0 Å². The molecular weight excluding hydrogens is 504 g/mol. The summed E-state index contributed by atoms with van der Waals surface area (Å²) in [6, 6.07) is 6.61. The van der Waals surface area contributed by atoms with Crippen molar-refractivity contribution in [3.63, 3.8) is 0 Å². The number of hydrogen-bond donors (Lipinski definition) is 3. The Balaban J connectivity index is 2.16. The van der Waals surface area contributed by atoms with Crippen LogP contribution >= 0.6 is 0 Å². The average molecular weight is 557 g/mol. The second-order valence-electron chi connectivity index (χ2n) is 10.8. The van der Waals surface area contributed by atoms with Crippen molar-refractivity contribution in [2.75, 3.05) is 32.5 Å². The molecule has 0 saturated heterocycles. The highest BCUT2D eigenvalue weighted by Crippen LogP contribution is 2.31. The van der Waals surface area contributed by atoms with E-state index in [1.165, 1.54) is 36.8 Å². The van der Waals surface area contributed by atoms with Crippen LogP contribution in [-0.2, 0) is 6.42 Å². The van der Waals surface area contributed by atoms with Gasteiger partial charge in [-0.3, -0.25) is 9.98 Å². The fourth-order valence-electron chi connectivity index (χ4n) is 5.05. The number of nitrogens with zero attached hydrogens (tertiary/aromatic N) is 3. The summed E-state index contributed by atoms with van der Waals surface area (Å²) in [5.41, 5.74) is 17.4. The monoisotopic (exact) mass is 556 g/mol. The molecule has 222 valence electrons. The molecule has 0 amide bonds. The Morgan fingerprint density at radius 2 is 1.95 bits per heavy atom. The largest absolute Gasteiger partial charge is 0.404 e. The average Bonchev–Trinajstić information content (AvgIpc) is 3.49. The van der Waals surface area contributed by atoms with Crippen LogP contribution in [0.4, 0.5) is 5.69 Å². The van der Waals surface area contributed by atoms with Gasteiger partial charge in [0.15, 0.2) is 0 Å². The van der Waals surface area contributed by atoms with Crippen LogP contribution in [0.25, 0.3) is 5.70 Å². The van der Waals surface area contributed by atoms with Crippen molar-refractivity contribution < 1.29 is 0 Å². The van der Waals surface area contributed by atoms with E-state index in [2.05, 4.69) is 78.7 Å². The van der Waals surface area contributed by atoms with Gasteiger partial charge in [0.2, 0.25) is 0 Å². The van der Waals surface area contributed by atoms with E-state index in [-0.39, 0.29) is 6.04 Å². The van der Waals surface area contributed by atoms with Gasteiger partial charge in [0, 0.05) is 74.0 Å². The number of rotatable bonds is 16. The standard InChI is InChI=1S/C35H52N6/c1-9-15-30-18-19-33(21-34(30)35(37-12-4)25-41(7)8)39-24-32(11-3)38-23-31(22-36)27(6)40-26(5)20-28(10-2)29-16-13-14-17-29/h9,18-23,25,29,32,37,39H,1-2,11-17,24,36H2,3-8H3/b26-20+,31-22?,35-25-,38-23?,40-27?. The summed E-state index contributed by atoms with van der Waals surface area (Å²) in [5, 5.41) is 7.12. The molecule has 6 nitrogen and oxygen atoms in total. The SMILES string of the molecule is C=C=C(/C=C(\C)N=C(C)C(C=NC(CC)CNc1ccc(CC=C)c(/C(=C/N(C)C)NCC)c1)=CN)C1CCCC1. The first kappa shape index (κ1) is 33.4. The molecular formula is C35H52N6. The van der Waals surface area contributed by atoms with E-state index in [0.29, 0.717) is 12.5 Å². The Hall–Kier alpha value is -3.76. The summed E-state index contributed by atoms with van der Waals surface area (Å²) in [5.74, 6) is 0.551. The maximum absolute atomic E-state index is 5.99. The first-order valence-electron chi connectivity index (χ1n) is 14.9. The smallest absolute Gasteiger partial charge is 0.0669 e. The fraction of sp³-hybridized carbons (Fsp3) is 0.457. The summed E-state index contributed by atoms with van der Waals surface area (Å²) in [6.07, 6.45) is 16.3. The van der Waals surface area contributed by atoms with Crippen molar-refractivity contribution in [3.05, 3.63) is 89.6 Å². The van der Waals surface area contributed by atoms with Gasteiger partial charge in [-0.15, -0.1) is 12.3 Å². The molecule has 0 heterocycles. The highest BCUT2D eigenvalue weighted by Gasteiger charge is 2.18. The molecule has 0 aliphatic heterocycles. The zero-order chi connectivity index (χ0) is 30.2. The summed E-state index contributed by atoms with van der Waals surface area (Å²) >= 11 is 0. The van der Waals surface area contributed by atoms with Crippen molar-refractivity contribution in [1.82, 2.24) is 10.2 Å². The van der Waals surface area contributed by atoms with Crippen LogP contribution in [0.5, 0.6) is 0 Å². The van der Waals surface area contributed by atoms with Gasteiger partial charge in [0.05, 0.1) is 11.7 Å². The molecule has 1 aromatic rings. The van der Waals surface area contributed by atoms with Gasteiger partial charge in [-0.25, -0.2) is 0 Å².